The van der Waals surface area contributed by atoms with Crippen molar-refractivity contribution in [3.8, 4) is 0 Å². The van der Waals surface area contributed by atoms with Crippen LogP contribution in [0.4, 0.5) is 0 Å². The van der Waals surface area contributed by atoms with Gasteiger partial charge in [-0.05, 0) is 24.7 Å². The Balaban J connectivity index is 3.01. The number of likely N-dealkylation sites (tertiary alicyclic amines) is 1. The molecule has 1 rings (SSSR count). The SMILES string of the molecule is CCC(C)C(NC(=O)C1CCCN1C(=O)C(NC(=O)C(N)CC(N)=O)C(C)CC)C(=O)O. The third-order valence-corrected chi connectivity index (χ3v) is 6.15. The minimum atomic E-state index is -1.18. The van der Waals surface area contributed by atoms with Gasteiger partial charge in [-0.2, -0.15) is 0 Å². The maximum Gasteiger partial charge on any atom is 0.326 e. The van der Waals surface area contributed by atoms with Crippen molar-refractivity contribution in [2.24, 2.45) is 23.3 Å². The average molecular weight is 456 g/mol. The molecule has 0 bridgehead atoms. The van der Waals surface area contributed by atoms with Crippen molar-refractivity contribution in [2.45, 2.75) is 84.0 Å². The summed E-state index contributed by atoms with van der Waals surface area (Å²) in [5.74, 6) is -4.04. The molecule has 182 valence electrons. The Labute approximate surface area is 188 Å². The van der Waals surface area contributed by atoms with Crippen molar-refractivity contribution in [1.82, 2.24) is 15.5 Å². The van der Waals surface area contributed by atoms with E-state index in [4.69, 9.17) is 11.5 Å². The molecule has 6 unspecified atom stereocenters. The average Bonchev–Trinajstić information content (AvgIpc) is 3.23. The zero-order chi connectivity index (χ0) is 24.6. The largest absolute Gasteiger partial charge is 0.480 e. The number of nitrogens with two attached hydrogens (primary N) is 2. The van der Waals surface area contributed by atoms with Crippen LogP contribution in [0.3, 0.4) is 0 Å². The second-order valence-corrected chi connectivity index (χ2v) is 8.55. The van der Waals surface area contributed by atoms with Gasteiger partial charge in [0, 0.05) is 6.54 Å². The number of hydrogen-bond donors (Lipinski definition) is 5. The smallest absolute Gasteiger partial charge is 0.326 e. The van der Waals surface area contributed by atoms with Gasteiger partial charge in [-0.25, -0.2) is 4.79 Å². The number of carboxylic acid groups (broad SMARTS) is 1. The van der Waals surface area contributed by atoms with E-state index >= 15 is 0 Å². The van der Waals surface area contributed by atoms with Crippen molar-refractivity contribution in [3.63, 3.8) is 0 Å². The number of carboxylic acids is 1. The first-order valence-corrected chi connectivity index (χ1v) is 11.1. The van der Waals surface area contributed by atoms with E-state index < -0.39 is 53.8 Å². The van der Waals surface area contributed by atoms with Crippen molar-refractivity contribution in [2.75, 3.05) is 6.54 Å². The van der Waals surface area contributed by atoms with Gasteiger partial charge in [0.05, 0.1) is 12.5 Å². The molecule has 1 heterocycles. The van der Waals surface area contributed by atoms with Gasteiger partial charge in [-0.15, -0.1) is 0 Å². The lowest BCUT2D eigenvalue weighted by Crippen LogP contribution is -2.59. The van der Waals surface area contributed by atoms with Crippen molar-refractivity contribution < 1.29 is 29.1 Å². The van der Waals surface area contributed by atoms with Crippen LogP contribution in [0, 0.1) is 11.8 Å². The van der Waals surface area contributed by atoms with E-state index in [1.54, 1.807) is 13.8 Å². The summed E-state index contributed by atoms with van der Waals surface area (Å²) >= 11 is 0. The first-order valence-electron chi connectivity index (χ1n) is 11.1. The van der Waals surface area contributed by atoms with Crippen LogP contribution in [-0.2, 0) is 24.0 Å². The van der Waals surface area contributed by atoms with Gasteiger partial charge >= 0.3 is 5.97 Å². The summed E-state index contributed by atoms with van der Waals surface area (Å²) in [5.41, 5.74) is 10.8. The number of carbonyl (C=O) groups is 5. The fraction of sp³-hybridized carbons (Fsp3) is 0.762. The van der Waals surface area contributed by atoms with Crippen molar-refractivity contribution >= 4 is 29.6 Å². The fourth-order valence-corrected chi connectivity index (χ4v) is 3.67. The number of hydrogen-bond acceptors (Lipinski definition) is 6. The summed E-state index contributed by atoms with van der Waals surface area (Å²) in [6.45, 7) is 7.53. The van der Waals surface area contributed by atoms with E-state index in [0.29, 0.717) is 32.2 Å². The van der Waals surface area contributed by atoms with E-state index in [-0.39, 0.29) is 18.3 Å². The molecular weight excluding hydrogens is 418 g/mol. The van der Waals surface area contributed by atoms with E-state index in [0.717, 1.165) is 0 Å². The molecule has 1 aliphatic rings. The minimum Gasteiger partial charge on any atom is -0.480 e. The Hall–Kier alpha value is -2.69. The summed E-state index contributed by atoms with van der Waals surface area (Å²) in [6, 6.07) is -4.00. The second kappa shape index (κ2) is 12.4. The number of carbonyl (C=O) groups excluding carboxylic acids is 4. The molecule has 0 aromatic carbocycles. The molecule has 0 spiro atoms. The number of nitrogens with one attached hydrogen (secondary N) is 2. The van der Waals surface area contributed by atoms with Gasteiger partial charge in [0.25, 0.3) is 0 Å². The monoisotopic (exact) mass is 455 g/mol. The van der Waals surface area contributed by atoms with Crippen molar-refractivity contribution in [3.05, 3.63) is 0 Å². The van der Waals surface area contributed by atoms with Crippen LogP contribution in [0.2, 0.25) is 0 Å². The quantitative estimate of drug-likeness (QED) is 0.258. The predicted molar refractivity (Wildman–Crippen MR) is 117 cm³/mol. The molecule has 1 saturated heterocycles. The fourth-order valence-electron chi connectivity index (χ4n) is 3.67. The Morgan fingerprint density at radius 1 is 1.03 bits per heavy atom. The number of nitrogens with zero attached hydrogens (tertiary/aromatic N) is 1. The third-order valence-electron chi connectivity index (χ3n) is 6.15. The zero-order valence-corrected chi connectivity index (χ0v) is 19.3. The van der Waals surface area contributed by atoms with E-state index in [1.807, 2.05) is 13.8 Å². The molecule has 4 amide bonds. The summed E-state index contributed by atoms with van der Waals surface area (Å²) < 4.78 is 0. The predicted octanol–water partition coefficient (Wildman–Crippen LogP) is -0.673. The van der Waals surface area contributed by atoms with E-state index in [9.17, 15) is 29.1 Å². The maximum atomic E-state index is 13.3. The Bertz CT molecular complexity index is 715. The van der Waals surface area contributed by atoms with Gasteiger partial charge in [-0.3, -0.25) is 19.2 Å². The first kappa shape index (κ1) is 27.3. The molecule has 0 radical (unpaired) electrons. The highest BCUT2D eigenvalue weighted by Gasteiger charge is 2.40. The lowest BCUT2D eigenvalue weighted by atomic mass is 9.96. The van der Waals surface area contributed by atoms with Crippen LogP contribution in [-0.4, -0.2) is 70.3 Å². The number of primary amides is 1. The Kier molecular flexibility index (Phi) is 10.6. The van der Waals surface area contributed by atoms with Crippen LogP contribution in [0.5, 0.6) is 0 Å². The molecule has 0 aromatic heterocycles. The van der Waals surface area contributed by atoms with Crippen LogP contribution < -0.4 is 22.1 Å². The molecule has 7 N–H and O–H groups in total. The highest BCUT2D eigenvalue weighted by Crippen LogP contribution is 2.22. The van der Waals surface area contributed by atoms with Gasteiger partial charge in [0.1, 0.15) is 18.1 Å². The zero-order valence-electron chi connectivity index (χ0n) is 19.3. The van der Waals surface area contributed by atoms with Crippen LogP contribution in [0.15, 0.2) is 0 Å². The highest BCUT2D eigenvalue weighted by molar-refractivity contribution is 5.95. The molecule has 6 atom stereocenters. The third kappa shape index (κ3) is 7.18. The topological polar surface area (TPSA) is 185 Å². The van der Waals surface area contributed by atoms with Gasteiger partial charge in [-0.1, -0.05) is 40.5 Å². The van der Waals surface area contributed by atoms with Gasteiger partial charge in [0.2, 0.25) is 23.6 Å². The van der Waals surface area contributed by atoms with Crippen LogP contribution in [0.25, 0.3) is 0 Å². The highest BCUT2D eigenvalue weighted by atomic mass is 16.4. The van der Waals surface area contributed by atoms with Gasteiger partial charge < -0.3 is 32.1 Å². The number of rotatable bonds is 12. The summed E-state index contributed by atoms with van der Waals surface area (Å²) in [5, 5.41) is 14.6. The lowest BCUT2D eigenvalue weighted by Gasteiger charge is -2.32. The summed E-state index contributed by atoms with van der Waals surface area (Å²) in [7, 11) is 0. The Morgan fingerprint density at radius 2 is 1.59 bits per heavy atom. The normalized spacial score (nSPS) is 20.5. The molecule has 11 heteroatoms. The molecule has 32 heavy (non-hydrogen) atoms. The molecular formula is C21H37N5O6. The van der Waals surface area contributed by atoms with Crippen LogP contribution >= 0.6 is 0 Å². The van der Waals surface area contributed by atoms with Crippen LogP contribution in [0.1, 0.15) is 59.8 Å². The summed E-state index contributed by atoms with van der Waals surface area (Å²) in [6.07, 6.45) is 1.76. The number of amides is 4. The molecule has 11 nitrogen and oxygen atoms in total. The maximum absolute atomic E-state index is 13.3. The first-order chi connectivity index (χ1) is 14.9. The molecule has 1 fully saturated rings. The summed E-state index contributed by atoms with van der Waals surface area (Å²) in [4.78, 5) is 62.7. The lowest BCUT2D eigenvalue weighted by molar-refractivity contribution is -0.146. The Morgan fingerprint density at radius 3 is 2.09 bits per heavy atom. The number of aliphatic carboxylic acids is 1. The molecule has 1 aliphatic heterocycles. The molecule has 0 saturated carbocycles. The molecule has 0 aromatic rings. The standard InChI is InChI=1S/C21H37N5O6/c1-5-11(3)16(24-18(28)13(22)10-15(23)27)20(30)26-9-7-8-14(26)19(29)25-17(21(31)32)12(4)6-2/h11-14,16-17H,5-10,22H2,1-4H3,(H2,23,27)(H,24,28)(H,25,29)(H,31,32). The van der Waals surface area contributed by atoms with E-state index in [2.05, 4.69) is 10.6 Å². The van der Waals surface area contributed by atoms with Gasteiger partial charge in [0.15, 0.2) is 0 Å². The van der Waals surface area contributed by atoms with E-state index in [1.165, 1.54) is 4.90 Å². The van der Waals surface area contributed by atoms with Crippen molar-refractivity contribution in [1.29, 1.82) is 0 Å². The second-order valence-electron chi connectivity index (χ2n) is 8.55. The minimum absolute atomic E-state index is 0.261. The molecule has 0 aliphatic carbocycles.